The molecule has 0 heterocycles. The maximum atomic E-state index is 13.6. The molecule has 0 aliphatic carbocycles. The van der Waals surface area contributed by atoms with Gasteiger partial charge in [0, 0.05) is 16.7 Å². The molecule has 142 valence electrons. The molecular weight excluding hydrogens is 387 g/mol. The molecule has 3 aromatic carbocycles. The van der Waals surface area contributed by atoms with Crippen LogP contribution in [0.15, 0.2) is 53.6 Å². The monoisotopic (exact) mass is 396 g/mol. The van der Waals surface area contributed by atoms with E-state index in [2.05, 4.69) is 22.9 Å². The number of benzene rings is 3. The van der Waals surface area contributed by atoms with Crippen LogP contribution in [0.4, 0.5) is 27.6 Å². The van der Waals surface area contributed by atoms with Crippen molar-refractivity contribution in [1.29, 1.82) is 5.53 Å². The van der Waals surface area contributed by atoms with E-state index >= 15 is 0 Å². The van der Waals surface area contributed by atoms with Crippen LogP contribution >= 0.6 is 0 Å². The lowest BCUT2D eigenvalue weighted by molar-refractivity contribution is 0.376. The standard InChI is InChI=1S/C22H9F5N2/c23-18-17(19(24)21(26)22(27)20(18)25)12-9-14-4-1-13(2-5-14)3-6-15-7-10-16(29-28)11-8-15/h1-2,4-5,7-8,10-11,28H. The van der Waals surface area contributed by atoms with Crippen LogP contribution in [0.25, 0.3) is 0 Å². The molecule has 3 aromatic rings. The van der Waals surface area contributed by atoms with Crippen molar-refractivity contribution in [2.24, 2.45) is 5.11 Å². The van der Waals surface area contributed by atoms with Crippen molar-refractivity contribution in [2.45, 2.75) is 0 Å². The maximum absolute atomic E-state index is 13.6. The molecule has 0 atom stereocenters. The first-order chi connectivity index (χ1) is 13.9. The number of nitrogens with one attached hydrogen (secondary N) is 1. The molecule has 1 N–H and O–H groups in total. The van der Waals surface area contributed by atoms with Crippen LogP contribution in [-0.4, -0.2) is 0 Å². The fraction of sp³-hybridized carbons (Fsp3) is 0. The fourth-order valence-corrected chi connectivity index (χ4v) is 2.25. The molecule has 0 amide bonds. The highest BCUT2D eigenvalue weighted by Crippen LogP contribution is 2.22. The molecule has 0 unspecified atom stereocenters. The highest BCUT2D eigenvalue weighted by atomic mass is 19.2. The molecule has 0 aromatic heterocycles. The van der Waals surface area contributed by atoms with Crippen molar-refractivity contribution >= 4 is 5.69 Å². The number of nitrogens with zero attached hydrogens (tertiary/aromatic N) is 1. The van der Waals surface area contributed by atoms with Crippen LogP contribution in [0.5, 0.6) is 0 Å². The lowest BCUT2D eigenvalue weighted by atomic mass is 10.1. The average Bonchev–Trinajstić information content (AvgIpc) is 2.76. The third-order valence-electron chi connectivity index (χ3n) is 3.77. The second kappa shape index (κ2) is 8.37. The third-order valence-corrected chi connectivity index (χ3v) is 3.77. The minimum absolute atomic E-state index is 0.306. The van der Waals surface area contributed by atoms with Crippen LogP contribution < -0.4 is 0 Å². The molecule has 0 aliphatic rings. The van der Waals surface area contributed by atoms with Gasteiger partial charge in [-0.1, -0.05) is 23.7 Å². The zero-order valence-corrected chi connectivity index (χ0v) is 14.5. The largest absolute Gasteiger partial charge is 0.204 e. The lowest BCUT2D eigenvalue weighted by Crippen LogP contribution is -2.04. The highest BCUT2D eigenvalue weighted by molar-refractivity contribution is 5.50. The normalized spacial score (nSPS) is 9.83. The molecule has 7 heteroatoms. The van der Waals surface area contributed by atoms with Crippen molar-refractivity contribution < 1.29 is 22.0 Å². The Kier molecular flexibility index (Phi) is 5.71. The van der Waals surface area contributed by atoms with Crippen molar-refractivity contribution in [2.75, 3.05) is 0 Å². The Morgan fingerprint density at radius 2 is 0.862 bits per heavy atom. The summed E-state index contributed by atoms with van der Waals surface area (Å²) in [4.78, 5) is 0. The Bertz CT molecular complexity index is 1180. The van der Waals surface area contributed by atoms with E-state index in [-0.39, 0.29) is 0 Å². The number of rotatable bonds is 1. The summed E-state index contributed by atoms with van der Waals surface area (Å²) in [5, 5.41) is 3.29. The fourth-order valence-electron chi connectivity index (χ4n) is 2.25. The molecule has 2 nitrogen and oxygen atoms in total. The van der Waals surface area contributed by atoms with E-state index in [0.717, 1.165) is 0 Å². The van der Waals surface area contributed by atoms with Crippen LogP contribution in [0.2, 0.25) is 0 Å². The first-order valence-electron chi connectivity index (χ1n) is 8.03. The summed E-state index contributed by atoms with van der Waals surface area (Å²) < 4.78 is 66.7. The summed E-state index contributed by atoms with van der Waals surface area (Å²) in [6.45, 7) is 0. The summed E-state index contributed by atoms with van der Waals surface area (Å²) in [5.74, 6) is -0.0722. The Labute approximate surface area is 162 Å². The quantitative estimate of drug-likeness (QED) is 0.176. The second-order valence-electron chi connectivity index (χ2n) is 5.68. The van der Waals surface area contributed by atoms with Gasteiger partial charge in [-0.15, -0.1) is 0 Å². The predicted octanol–water partition coefficient (Wildman–Crippen LogP) is 5.84. The van der Waals surface area contributed by atoms with E-state index < -0.39 is 34.6 Å². The van der Waals surface area contributed by atoms with E-state index in [1.165, 1.54) is 12.1 Å². The van der Waals surface area contributed by atoms with Crippen molar-refractivity contribution in [1.82, 2.24) is 0 Å². The van der Waals surface area contributed by atoms with Crippen molar-refractivity contribution in [3.63, 3.8) is 0 Å². The van der Waals surface area contributed by atoms with Gasteiger partial charge in [0.2, 0.25) is 5.82 Å². The zero-order valence-electron chi connectivity index (χ0n) is 14.5. The molecule has 3 rings (SSSR count). The first kappa shape index (κ1) is 19.8. The van der Waals surface area contributed by atoms with Gasteiger partial charge in [0.15, 0.2) is 23.3 Å². The molecule has 0 bridgehead atoms. The molecule has 0 aliphatic heterocycles. The molecule has 0 spiro atoms. The highest BCUT2D eigenvalue weighted by Gasteiger charge is 2.24. The van der Waals surface area contributed by atoms with Gasteiger partial charge in [0.25, 0.3) is 0 Å². The van der Waals surface area contributed by atoms with Crippen molar-refractivity contribution in [3.8, 4) is 23.7 Å². The van der Waals surface area contributed by atoms with Gasteiger partial charge < -0.3 is 0 Å². The molecule has 0 radical (unpaired) electrons. The minimum Gasteiger partial charge on any atom is -0.204 e. The summed E-state index contributed by atoms with van der Waals surface area (Å²) in [5.41, 5.74) is 7.86. The second-order valence-corrected chi connectivity index (χ2v) is 5.68. The average molecular weight is 396 g/mol. The van der Waals surface area contributed by atoms with Gasteiger partial charge in [-0.05, 0) is 48.5 Å². The summed E-state index contributed by atoms with van der Waals surface area (Å²) in [6.07, 6.45) is 0. The maximum Gasteiger partial charge on any atom is 0.200 e. The third kappa shape index (κ3) is 4.31. The van der Waals surface area contributed by atoms with Crippen LogP contribution in [0, 0.1) is 58.3 Å². The predicted molar refractivity (Wildman–Crippen MR) is 95.9 cm³/mol. The van der Waals surface area contributed by atoms with Crippen LogP contribution in [0.3, 0.4) is 0 Å². The number of hydrogen-bond donors (Lipinski definition) is 1. The Balaban J connectivity index is 1.83. The van der Waals surface area contributed by atoms with Gasteiger partial charge in [0.05, 0.1) is 5.69 Å². The van der Waals surface area contributed by atoms with Gasteiger partial charge in [-0.25, -0.2) is 27.5 Å². The van der Waals surface area contributed by atoms with Gasteiger partial charge >= 0.3 is 0 Å². The summed E-state index contributed by atoms with van der Waals surface area (Å²) in [7, 11) is 0. The van der Waals surface area contributed by atoms with E-state index in [4.69, 9.17) is 5.53 Å². The van der Waals surface area contributed by atoms with E-state index in [0.29, 0.717) is 22.4 Å². The van der Waals surface area contributed by atoms with Gasteiger partial charge in [0.1, 0.15) is 5.56 Å². The molecule has 29 heavy (non-hydrogen) atoms. The van der Waals surface area contributed by atoms with Gasteiger partial charge in [-0.2, -0.15) is 5.11 Å². The Morgan fingerprint density at radius 3 is 1.28 bits per heavy atom. The smallest absolute Gasteiger partial charge is 0.200 e. The van der Waals surface area contributed by atoms with E-state index in [1.807, 2.05) is 5.92 Å². The summed E-state index contributed by atoms with van der Waals surface area (Å²) >= 11 is 0. The van der Waals surface area contributed by atoms with E-state index in [9.17, 15) is 22.0 Å². The zero-order chi connectivity index (χ0) is 21.0. The SMILES string of the molecule is N=Nc1ccc(C#Cc2ccc(C#Cc3c(F)c(F)c(F)c(F)c3F)cc2)cc1. The van der Waals surface area contributed by atoms with Crippen LogP contribution in [-0.2, 0) is 0 Å². The van der Waals surface area contributed by atoms with Crippen LogP contribution in [0.1, 0.15) is 22.3 Å². The molecule has 0 fully saturated rings. The topological polar surface area (TPSA) is 36.2 Å². The van der Waals surface area contributed by atoms with Crippen molar-refractivity contribution in [3.05, 3.63) is 99.9 Å². The first-order valence-corrected chi connectivity index (χ1v) is 8.03. The molecule has 0 saturated carbocycles. The summed E-state index contributed by atoms with van der Waals surface area (Å²) in [6, 6.07) is 12.9. The number of halogens is 5. The molecule has 0 saturated heterocycles. The lowest BCUT2D eigenvalue weighted by Gasteiger charge is -2.02. The Hall–Kier alpha value is -3.97. The van der Waals surface area contributed by atoms with Gasteiger partial charge in [-0.3, -0.25) is 0 Å². The van der Waals surface area contributed by atoms with E-state index in [1.54, 1.807) is 36.4 Å². The minimum atomic E-state index is -2.22. The Morgan fingerprint density at radius 1 is 0.517 bits per heavy atom. The number of hydrogen-bond acceptors (Lipinski definition) is 2. The molecular formula is C22H9F5N2.